The van der Waals surface area contributed by atoms with E-state index in [1.807, 2.05) is 39.8 Å². The molecule has 0 radical (unpaired) electrons. The van der Waals surface area contributed by atoms with Crippen molar-refractivity contribution < 1.29 is 14.3 Å². The summed E-state index contributed by atoms with van der Waals surface area (Å²) in [6.45, 7) is 7.45. The Morgan fingerprint density at radius 1 is 1.05 bits per heavy atom. The van der Waals surface area contributed by atoms with E-state index >= 15 is 0 Å². The fourth-order valence-corrected chi connectivity index (χ4v) is 1.91. The van der Waals surface area contributed by atoms with Gasteiger partial charge in [0.2, 0.25) is 0 Å². The van der Waals surface area contributed by atoms with Gasteiger partial charge in [-0.15, -0.1) is 0 Å². The van der Waals surface area contributed by atoms with Gasteiger partial charge in [0, 0.05) is 5.69 Å². The Hall–Kier alpha value is -2.49. The molecule has 4 nitrogen and oxygen atoms in total. The molecule has 0 aliphatic carbocycles. The molecule has 0 aromatic heterocycles. The highest BCUT2D eigenvalue weighted by Crippen LogP contribution is 2.27. The number of carbonyl (C=O) groups is 1. The van der Waals surface area contributed by atoms with Gasteiger partial charge in [0.05, 0.1) is 5.56 Å². The molecule has 4 heteroatoms. The van der Waals surface area contributed by atoms with Crippen molar-refractivity contribution in [3.8, 4) is 11.5 Å². The van der Waals surface area contributed by atoms with E-state index in [1.54, 1.807) is 30.3 Å². The quantitative estimate of drug-likeness (QED) is 0.677. The molecular weight excluding hydrogens is 278 g/mol. The Labute approximate surface area is 130 Å². The van der Waals surface area contributed by atoms with Gasteiger partial charge in [-0.05, 0) is 75.7 Å². The van der Waals surface area contributed by atoms with Crippen LogP contribution in [0.1, 0.15) is 36.7 Å². The average molecular weight is 299 g/mol. The first-order chi connectivity index (χ1) is 10.2. The number of aryl methyl sites for hydroxylation is 1. The fourth-order valence-electron chi connectivity index (χ4n) is 1.91. The van der Waals surface area contributed by atoms with Crippen molar-refractivity contribution in [1.29, 1.82) is 0 Å². The van der Waals surface area contributed by atoms with E-state index in [2.05, 4.69) is 0 Å². The standard InChI is InChI=1S/C18H21NO3/c1-12-11-14(19)7-10-16(12)21-15-8-5-13(6-9-15)17(20)22-18(2,3)4/h5-11H,19H2,1-4H3. The number of hydrogen-bond donors (Lipinski definition) is 1. The first kappa shape index (κ1) is 15.9. The van der Waals surface area contributed by atoms with Crippen LogP contribution in [0.5, 0.6) is 11.5 Å². The lowest BCUT2D eigenvalue weighted by molar-refractivity contribution is 0.00695. The second-order valence-corrected chi connectivity index (χ2v) is 6.15. The topological polar surface area (TPSA) is 61.5 Å². The summed E-state index contributed by atoms with van der Waals surface area (Å²) in [7, 11) is 0. The average Bonchev–Trinajstić information content (AvgIpc) is 2.41. The maximum absolute atomic E-state index is 11.9. The predicted molar refractivity (Wildman–Crippen MR) is 87.3 cm³/mol. The summed E-state index contributed by atoms with van der Waals surface area (Å²) in [6, 6.07) is 12.3. The van der Waals surface area contributed by atoms with Crippen LogP contribution in [-0.2, 0) is 4.74 Å². The Morgan fingerprint density at radius 3 is 2.23 bits per heavy atom. The minimum Gasteiger partial charge on any atom is -0.457 e. The minimum absolute atomic E-state index is 0.345. The van der Waals surface area contributed by atoms with Crippen LogP contribution in [0.4, 0.5) is 5.69 Å². The molecule has 2 rings (SSSR count). The molecule has 2 aromatic rings. The van der Waals surface area contributed by atoms with E-state index in [4.69, 9.17) is 15.2 Å². The summed E-state index contributed by atoms with van der Waals surface area (Å²) < 4.78 is 11.1. The summed E-state index contributed by atoms with van der Waals surface area (Å²) in [6.07, 6.45) is 0. The molecule has 0 heterocycles. The van der Waals surface area contributed by atoms with E-state index in [0.717, 1.165) is 11.3 Å². The molecule has 0 unspecified atom stereocenters. The molecule has 0 saturated carbocycles. The van der Waals surface area contributed by atoms with Gasteiger partial charge >= 0.3 is 5.97 Å². The largest absolute Gasteiger partial charge is 0.457 e. The van der Waals surface area contributed by atoms with Crippen LogP contribution >= 0.6 is 0 Å². The maximum atomic E-state index is 11.9. The molecule has 2 N–H and O–H groups in total. The van der Waals surface area contributed by atoms with E-state index in [-0.39, 0.29) is 5.97 Å². The molecule has 2 aromatic carbocycles. The first-order valence-corrected chi connectivity index (χ1v) is 7.12. The zero-order valence-corrected chi connectivity index (χ0v) is 13.3. The highest BCUT2D eigenvalue weighted by atomic mass is 16.6. The van der Waals surface area contributed by atoms with Crippen molar-refractivity contribution >= 4 is 11.7 Å². The monoisotopic (exact) mass is 299 g/mol. The van der Waals surface area contributed by atoms with E-state index in [9.17, 15) is 4.79 Å². The van der Waals surface area contributed by atoms with Gasteiger partial charge in [0.15, 0.2) is 0 Å². The van der Waals surface area contributed by atoms with Crippen molar-refractivity contribution in [2.75, 3.05) is 5.73 Å². The minimum atomic E-state index is -0.507. The molecule has 0 aliphatic heterocycles. The van der Waals surface area contributed by atoms with Crippen LogP contribution in [0.2, 0.25) is 0 Å². The van der Waals surface area contributed by atoms with E-state index in [1.165, 1.54) is 0 Å². The van der Waals surface area contributed by atoms with Crippen molar-refractivity contribution in [1.82, 2.24) is 0 Å². The third-order valence-corrected chi connectivity index (χ3v) is 2.92. The molecule has 0 bridgehead atoms. The fraction of sp³-hybridized carbons (Fsp3) is 0.278. The third kappa shape index (κ3) is 4.25. The van der Waals surface area contributed by atoms with Gasteiger partial charge in [-0.25, -0.2) is 4.79 Å². The molecule has 0 aliphatic rings. The smallest absolute Gasteiger partial charge is 0.338 e. The van der Waals surface area contributed by atoms with Crippen molar-refractivity contribution in [2.45, 2.75) is 33.3 Å². The van der Waals surface area contributed by atoms with Crippen molar-refractivity contribution in [3.63, 3.8) is 0 Å². The Bertz CT molecular complexity index is 670. The number of nitrogens with two attached hydrogens (primary N) is 1. The van der Waals surface area contributed by atoms with Crippen LogP contribution in [0.3, 0.4) is 0 Å². The summed E-state index contributed by atoms with van der Waals surface area (Å²) in [5.41, 5.74) is 7.36. The lowest BCUT2D eigenvalue weighted by Crippen LogP contribution is -2.23. The summed E-state index contributed by atoms with van der Waals surface area (Å²) in [4.78, 5) is 11.9. The molecule has 0 amide bonds. The molecule has 0 spiro atoms. The number of hydrogen-bond acceptors (Lipinski definition) is 4. The van der Waals surface area contributed by atoms with Gasteiger partial charge in [-0.1, -0.05) is 0 Å². The maximum Gasteiger partial charge on any atom is 0.338 e. The van der Waals surface area contributed by atoms with E-state index < -0.39 is 5.60 Å². The predicted octanol–water partition coefficient (Wildman–Crippen LogP) is 4.32. The zero-order valence-electron chi connectivity index (χ0n) is 13.3. The molecule has 0 fully saturated rings. The van der Waals surface area contributed by atoms with Crippen LogP contribution in [0.15, 0.2) is 42.5 Å². The van der Waals surface area contributed by atoms with Crippen LogP contribution in [-0.4, -0.2) is 11.6 Å². The second kappa shape index (κ2) is 6.10. The highest BCUT2D eigenvalue weighted by molar-refractivity contribution is 5.89. The zero-order chi connectivity index (χ0) is 16.3. The number of anilines is 1. The Morgan fingerprint density at radius 2 is 1.68 bits per heavy atom. The lowest BCUT2D eigenvalue weighted by Gasteiger charge is -2.19. The van der Waals surface area contributed by atoms with Crippen LogP contribution in [0.25, 0.3) is 0 Å². The Balaban J connectivity index is 2.10. The van der Waals surface area contributed by atoms with Crippen molar-refractivity contribution in [2.24, 2.45) is 0 Å². The van der Waals surface area contributed by atoms with Crippen LogP contribution in [0, 0.1) is 6.92 Å². The van der Waals surface area contributed by atoms with Crippen molar-refractivity contribution in [3.05, 3.63) is 53.6 Å². The van der Waals surface area contributed by atoms with E-state index in [0.29, 0.717) is 17.0 Å². The number of carbonyl (C=O) groups excluding carboxylic acids is 1. The highest BCUT2D eigenvalue weighted by Gasteiger charge is 2.17. The number of nitrogen functional groups attached to an aromatic ring is 1. The lowest BCUT2D eigenvalue weighted by atomic mass is 10.1. The Kier molecular flexibility index (Phi) is 4.40. The second-order valence-electron chi connectivity index (χ2n) is 6.15. The molecule has 0 atom stereocenters. The normalized spacial score (nSPS) is 11.1. The molecule has 0 saturated heterocycles. The molecular formula is C18H21NO3. The van der Waals surface area contributed by atoms with Gasteiger partial charge in [0.25, 0.3) is 0 Å². The molecule has 116 valence electrons. The summed E-state index contributed by atoms with van der Waals surface area (Å²) in [5.74, 6) is 1.04. The number of benzene rings is 2. The molecule has 22 heavy (non-hydrogen) atoms. The van der Waals surface area contributed by atoms with Gasteiger partial charge in [0.1, 0.15) is 17.1 Å². The number of esters is 1. The van der Waals surface area contributed by atoms with Gasteiger partial charge < -0.3 is 15.2 Å². The number of ether oxygens (including phenoxy) is 2. The first-order valence-electron chi connectivity index (χ1n) is 7.12. The third-order valence-electron chi connectivity index (χ3n) is 2.92. The SMILES string of the molecule is Cc1cc(N)ccc1Oc1ccc(C(=O)OC(C)(C)C)cc1. The summed E-state index contributed by atoms with van der Waals surface area (Å²) >= 11 is 0. The number of rotatable bonds is 3. The summed E-state index contributed by atoms with van der Waals surface area (Å²) in [5, 5.41) is 0. The van der Waals surface area contributed by atoms with Gasteiger partial charge in [-0.2, -0.15) is 0 Å². The van der Waals surface area contributed by atoms with Crippen LogP contribution < -0.4 is 10.5 Å². The van der Waals surface area contributed by atoms with Gasteiger partial charge in [-0.3, -0.25) is 0 Å².